The molecule has 1 heterocycles. The zero-order valence-electron chi connectivity index (χ0n) is 9.88. The van der Waals surface area contributed by atoms with Crippen molar-refractivity contribution in [3.8, 4) is 0 Å². The lowest BCUT2D eigenvalue weighted by Gasteiger charge is -2.10. The Kier molecular flexibility index (Phi) is 4.17. The van der Waals surface area contributed by atoms with Gasteiger partial charge in [0.2, 0.25) is 0 Å². The number of benzene rings is 1. The van der Waals surface area contributed by atoms with Crippen molar-refractivity contribution in [2.75, 3.05) is 11.6 Å². The summed E-state index contributed by atoms with van der Waals surface area (Å²) in [6.45, 7) is 0. The molecule has 0 aliphatic heterocycles. The molecule has 0 spiro atoms. The number of hydrogen-bond donors (Lipinski definition) is 2. The fourth-order valence-corrected chi connectivity index (χ4v) is 2.13. The van der Waals surface area contributed by atoms with Crippen molar-refractivity contribution in [1.29, 1.82) is 0 Å². The quantitative estimate of drug-likeness (QED) is 0.663. The third-order valence-electron chi connectivity index (χ3n) is 2.46. The Balaban J connectivity index is 2.25. The fourth-order valence-electron chi connectivity index (χ4n) is 1.54. The van der Waals surface area contributed by atoms with Gasteiger partial charge in [0.15, 0.2) is 0 Å². The summed E-state index contributed by atoms with van der Waals surface area (Å²) in [6, 6.07) is 9.96. The van der Waals surface area contributed by atoms with Gasteiger partial charge < -0.3 is 11.1 Å². The normalized spacial score (nSPS) is 10.1. The van der Waals surface area contributed by atoms with Crippen LogP contribution in [0.25, 0.3) is 0 Å². The molecular formula is C13H13N3S2. The number of rotatable bonds is 4. The van der Waals surface area contributed by atoms with Gasteiger partial charge in [-0.3, -0.25) is 4.98 Å². The molecule has 1 aromatic heterocycles. The van der Waals surface area contributed by atoms with E-state index in [4.69, 9.17) is 18.0 Å². The summed E-state index contributed by atoms with van der Waals surface area (Å²) in [4.78, 5) is 5.66. The minimum atomic E-state index is 0.362. The van der Waals surface area contributed by atoms with Gasteiger partial charge in [-0.15, -0.1) is 11.8 Å². The number of nitrogens with one attached hydrogen (secondary N) is 1. The maximum atomic E-state index is 5.67. The molecule has 0 atom stereocenters. The van der Waals surface area contributed by atoms with Crippen molar-refractivity contribution in [3.05, 3.63) is 48.3 Å². The number of anilines is 2. The van der Waals surface area contributed by atoms with Crippen molar-refractivity contribution in [2.45, 2.75) is 4.90 Å². The molecule has 5 heteroatoms. The topological polar surface area (TPSA) is 50.9 Å². The molecule has 1 aromatic carbocycles. The average Bonchev–Trinajstić information content (AvgIpc) is 2.40. The number of nitrogens with two attached hydrogens (primary N) is 1. The second-order valence-corrected chi connectivity index (χ2v) is 4.96. The molecule has 0 saturated carbocycles. The lowest BCUT2D eigenvalue weighted by atomic mass is 10.2. The van der Waals surface area contributed by atoms with Crippen LogP contribution in [0.1, 0.15) is 5.56 Å². The molecule has 0 aliphatic rings. The molecule has 0 saturated heterocycles. The molecule has 0 amide bonds. The Morgan fingerprint density at radius 1 is 1.28 bits per heavy atom. The molecule has 3 N–H and O–H groups in total. The Morgan fingerprint density at radius 2 is 2.00 bits per heavy atom. The number of thioether (sulfide) groups is 1. The van der Waals surface area contributed by atoms with E-state index < -0.39 is 0 Å². The lowest BCUT2D eigenvalue weighted by molar-refractivity contribution is 1.31. The molecule has 0 aliphatic carbocycles. The number of pyridine rings is 1. The van der Waals surface area contributed by atoms with Crippen molar-refractivity contribution in [3.63, 3.8) is 0 Å². The zero-order valence-corrected chi connectivity index (χ0v) is 11.5. The van der Waals surface area contributed by atoms with Crippen molar-refractivity contribution in [2.24, 2.45) is 5.73 Å². The summed E-state index contributed by atoms with van der Waals surface area (Å²) in [6.07, 6.45) is 5.45. The van der Waals surface area contributed by atoms with Crippen LogP contribution in [0.4, 0.5) is 11.4 Å². The van der Waals surface area contributed by atoms with Gasteiger partial charge in [0, 0.05) is 22.3 Å². The van der Waals surface area contributed by atoms with Crippen LogP contribution in [0.5, 0.6) is 0 Å². The first-order chi connectivity index (χ1) is 8.70. The van der Waals surface area contributed by atoms with E-state index in [2.05, 4.69) is 28.7 Å². The van der Waals surface area contributed by atoms with Gasteiger partial charge in [-0.1, -0.05) is 12.2 Å². The first kappa shape index (κ1) is 12.9. The van der Waals surface area contributed by atoms with Crippen LogP contribution in [0.2, 0.25) is 0 Å². The van der Waals surface area contributed by atoms with Crippen LogP contribution in [-0.4, -0.2) is 16.2 Å². The third kappa shape index (κ3) is 3.00. The van der Waals surface area contributed by atoms with Crippen LogP contribution < -0.4 is 11.1 Å². The van der Waals surface area contributed by atoms with E-state index >= 15 is 0 Å². The third-order valence-corrected chi connectivity index (χ3v) is 3.42. The van der Waals surface area contributed by atoms with E-state index in [-0.39, 0.29) is 0 Å². The van der Waals surface area contributed by atoms with Gasteiger partial charge in [-0.2, -0.15) is 0 Å². The Labute approximate surface area is 116 Å². The molecule has 18 heavy (non-hydrogen) atoms. The highest BCUT2D eigenvalue weighted by Gasteiger charge is 2.04. The highest BCUT2D eigenvalue weighted by molar-refractivity contribution is 7.98. The number of hydrogen-bond acceptors (Lipinski definition) is 4. The number of nitrogens with zero attached hydrogens (tertiary/aromatic N) is 1. The standard InChI is InChI=1S/C13H13N3S2/c1-18-10-4-2-9(3-5-10)16-12-8-15-7-6-11(12)13(14)17/h2-8,16H,1H3,(H2,14,17). The largest absolute Gasteiger partial charge is 0.389 e. The zero-order chi connectivity index (χ0) is 13.0. The van der Waals surface area contributed by atoms with Crippen LogP contribution >= 0.6 is 24.0 Å². The summed E-state index contributed by atoms with van der Waals surface area (Å²) >= 11 is 6.72. The van der Waals surface area contributed by atoms with E-state index in [1.54, 1.807) is 30.2 Å². The van der Waals surface area contributed by atoms with Crippen LogP contribution in [0.15, 0.2) is 47.6 Å². The maximum absolute atomic E-state index is 5.67. The minimum absolute atomic E-state index is 0.362. The first-order valence-corrected chi connectivity index (χ1v) is 6.99. The SMILES string of the molecule is CSc1ccc(Nc2cnccc2C(N)=S)cc1. The highest BCUT2D eigenvalue weighted by atomic mass is 32.2. The predicted octanol–water partition coefficient (Wildman–Crippen LogP) is 3.18. The van der Waals surface area contributed by atoms with E-state index in [0.717, 1.165) is 16.9 Å². The van der Waals surface area contributed by atoms with Gasteiger partial charge in [0.05, 0.1) is 11.9 Å². The van der Waals surface area contributed by atoms with Gasteiger partial charge in [0.1, 0.15) is 4.99 Å². The minimum Gasteiger partial charge on any atom is -0.389 e. The summed E-state index contributed by atoms with van der Waals surface area (Å²) in [5, 5.41) is 3.27. The Hall–Kier alpha value is -1.59. The molecule has 92 valence electrons. The van der Waals surface area contributed by atoms with Gasteiger partial charge in [-0.05, 0) is 36.6 Å². The second-order valence-electron chi connectivity index (χ2n) is 3.64. The van der Waals surface area contributed by atoms with E-state index in [0.29, 0.717) is 4.99 Å². The number of aromatic nitrogens is 1. The maximum Gasteiger partial charge on any atom is 0.106 e. The average molecular weight is 275 g/mol. The smallest absolute Gasteiger partial charge is 0.106 e. The lowest BCUT2D eigenvalue weighted by Crippen LogP contribution is -2.12. The van der Waals surface area contributed by atoms with Gasteiger partial charge >= 0.3 is 0 Å². The molecule has 0 fully saturated rings. The Morgan fingerprint density at radius 3 is 2.61 bits per heavy atom. The predicted molar refractivity (Wildman–Crippen MR) is 81.6 cm³/mol. The summed E-state index contributed by atoms with van der Waals surface area (Å²) in [5.74, 6) is 0. The summed E-state index contributed by atoms with van der Waals surface area (Å²) in [7, 11) is 0. The van der Waals surface area contributed by atoms with E-state index in [1.165, 1.54) is 4.90 Å². The molecule has 3 nitrogen and oxygen atoms in total. The first-order valence-electron chi connectivity index (χ1n) is 5.35. The Bertz CT molecular complexity index is 552. The molecule has 0 unspecified atom stereocenters. The van der Waals surface area contributed by atoms with Crippen molar-refractivity contribution < 1.29 is 0 Å². The van der Waals surface area contributed by atoms with Crippen LogP contribution in [0, 0.1) is 0 Å². The summed E-state index contributed by atoms with van der Waals surface area (Å²) < 4.78 is 0. The molecule has 0 bridgehead atoms. The van der Waals surface area contributed by atoms with E-state index in [9.17, 15) is 0 Å². The van der Waals surface area contributed by atoms with Crippen molar-refractivity contribution >= 4 is 40.3 Å². The monoisotopic (exact) mass is 275 g/mol. The molecule has 2 aromatic rings. The highest BCUT2D eigenvalue weighted by Crippen LogP contribution is 2.22. The fraction of sp³-hybridized carbons (Fsp3) is 0.0769. The van der Waals surface area contributed by atoms with Crippen LogP contribution in [0.3, 0.4) is 0 Å². The molecular weight excluding hydrogens is 262 g/mol. The van der Waals surface area contributed by atoms with Gasteiger partial charge in [-0.25, -0.2) is 0 Å². The van der Waals surface area contributed by atoms with E-state index in [1.807, 2.05) is 12.1 Å². The van der Waals surface area contributed by atoms with Crippen molar-refractivity contribution in [1.82, 2.24) is 4.98 Å². The number of thiocarbonyl (C=S) groups is 1. The summed E-state index contributed by atoms with van der Waals surface area (Å²) in [5.41, 5.74) is 8.28. The molecule has 2 rings (SSSR count). The molecule has 0 radical (unpaired) electrons. The second kappa shape index (κ2) is 5.84. The van der Waals surface area contributed by atoms with Crippen LogP contribution in [-0.2, 0) is 0 Å². The van der Waals surface area contributed by atoms with Gasteiger partial charge in [0.25, 0.3) is 0 Å².